The van der Waals surface area contributed by atoms with Crippen molar-refractivity contribution in [2.45, 2.75) is 38.0 Å². The number of alkyl halides is 1. The summed E-state index contributed by atoms with van der Waals surface area (Å²) < 4.78 is 1.17. The normalized spacial score (nSPS) is 18.2. The second kappa shape index (κ2) is 7.12. The lowest BCUT2D eigenvalue weighted by molar-refractivity contribution is -0.122. The molecule has 0 radical (unpaired) electrons. The zero-order valence-corrected chi connectivity index (χ0v) is 12.8. The highest BCUT2D eigenvalue weighted by atomic mass is 127. The largest absolute Gasteiger partial charge is 0.356 e. The Balaban J connectivity index is 1.95. The minimum Gasteiger partial charge on any atom is -0.356 e. The van der Waals surface area contributed by atoms with Gasteiger partial charge in [-0.2, -0.15) is 0 Å². The van der Waals surface area contributed by atoms with Crippen LogP contribution in [0, 0.1) is 0 Å². The van der Waals surface area contributed by atoms with Gasteiger partial charge < -0.3 is 5.32 Å². The van der Waals surface area contributed by atoms with Gasteiger partial charge in [0, 0.05) is 6.54 Å². The van der Waals surface area contributed by atoms with Crippen molar-refractivity contribution in [1.29, 1.82) is 0 Å². The summed E-state index contributed by atoms with van der Waals surface area (Å²) in [6.45, 7) is 0.820. The number of nitrogens with one attached hydrogen (secondary N) is 1. The van der Waals surface area contributed by atoms with E-state index in [1.807, 2.05) is 6.07 Å². The van der Waals surface area contributed by atoms with E-state index in [0.717, 1.165) is 32.2 Å². The van der Waals surface area contributed by atoms with Gasteiger partial charge in [-0.25, -0.2) is 0 Å². The van der Waals surface area contributed by atoms with Crippen molar-refractivity contribution in [3.8, 4) is 0 Å². The summed E-state index contributed by atoms with van der Waals surface area (Å²) in [7, 11) is 0. The van der Waals surface area contributed by atoms with E-state index in [1.54, 1.807) is 0 Å². The Hall–Kier alpha value is -0.580. The lowest BCUT2D eigenvalue weighted by Gasteiger charge is -2.24. The fourth-order valence-electron chi connectivity index (χ4n) is 2.58. The third-order valence-electron chi connectivity index (χ3n) is 3.55. The Kier molecular flexibility index (Phi) is 5.47. The van der Waals surface area contributed by atoms with Crippen LogP contribution in [0.1, 0.15) is 42.7 Å². The maximum absolute atomic E-state index is 12.2. The summed E-state index contributed by atoms with van der Waals surface area (Å²) in [5.41, 5.74) is 2.60. The van der Waals surface area contributed by atoms with Gasteiger partial charge >= 0.3 is 0 Å². The van der Waals surface area contributed by atoms with Gasteiger partial charge in [0.2, 0.25) is 5.91 Å². The molecule has 0 bridgehead atoms. The molecule has 1 atom stereocenters. The third kappa shape index (κ3) is 3.46. The van der Waals surface area contributed by atoms with E-state index in [9.17, 15) is 4.79 Å². The molecule has 0 spiro atoms. The fraction of sp³-hybridized carbons (Fsp3) is 0.533. The maximum atomic E-state index is 12.2. The van der Waals surface area contributed by atoms with Crippen molar-refractivity contribution in [2.75, 3.05) is 11.0 Å². The molecule has 1 amide bonds. The zero-order chi connectivity index (χ0) is 12.8. The van der Waals surface area contributed by atoms with Crippen LogP contribution in [0.5, 0.6) is 0 Å². The Labute approximate surface area is 123 Å². The predicted octanol–water partition coefficient (Wildman–Crippen LogP) is 3.44. The number of halogens is 1. The third-order valence-corrected chi connectivity index (χ3v) is 4.31. The molecule has 98 valence electrons. The molecule has 1 N–H and O–H groups in total. The van der Waals surface area contributed by atoms with Gasteiger partial charge in [0.05, 0.1) is 5.92 Å². The standard InChI is InChI=1S/C15H20INO/c16-10-3-4-11-17-15(18)14-9-5-7-12-6-1-2-8-13(12)14/h1-2,6,8,14H,3-5,7,9-11H2,(H,17,18). The van der Waals surface area contributed by atoms with E-state index in [2.05, 4.69) is 46.1 Å². The van der Waals surface area contributed by atoms with Gasteiger partial charge in [-0.05, 0) is 47.7 Å². The lowest BCUT2D eigenvalue weighted by atomic mass is 9.82. The van der Waals surface area contributed by atoms with Crippen LogP contribution in [0.2, 0.25) is 0 Å². The summed E-state index contributed by atoms with van der Waals surface area (Å²) in [4.78, 5) is 12.2. The van der Waals surface area contributed by atoms with Crippen molar-refractivity contribution in [3.63, 3.8) is 0 Å². The van der Waals surface area contributed by atoms with Crippen molar-refractivity contribution in [1.82, 2.24) is 5.32 Å². The molecule has 1 aliphatic carbocycles. The van der Waals surface area contributed by atoms with Crippen LogP contribution in [0.15, 0.2) is 24.3 Å². The van der Waals surface area contributed by atoms with Gasteiger partial charge in [0.25, 0.3) is 0 Å². The molecule has 0 aromatic heterocycles. The van der Waals surface area contributed by atoms with Gasteiger partial charge in [-0.1, -0.05) is 46.9 Å². The van der Waals surface area contributed by atoms with E-state index in [4.69, 9.17) is 0 Å². The van der Waals surface area contributed by atoms with E-state index in [1.165, 1.54) is 22.0 Å². The molecular formula is C15H20INO. The second-order valence-corrected chi connectivity index (χ2v) is 5.91. The number of hydrogen-bond donors (Lipinski definition) is 1. The molecule has 1 unspecified atom stereocenters. The number of carbonyl (C=O) groups excluding carboxylic acids is 1. The second-order valence-electron chi connectivity index (χ2n) is 4.83. The van der Waals surface area contributed by atoms with E-state index in [-0.39, 0.29) is 11.8 Å². The van der Waals surface area contributed by atoms with Crippen molar-refractivity contribution in [2.24, 2.45) is 0 Å². The molecule has 3 heteroatoms. The first-order valence-corrected chi connectivity index (χ1v) is 8.27. The average Bonchev–Trinajstić information content (AvgIpc) is 2.43. The van der Waals surface area contributed by atoms with Gasteiger partial charge in [0.1, 0.15) is 0 Å². The summed E-state index contributed by atoms with van der Waals surface area (Å²) in [5, 5.41) is 3.09. The number of rotatable bonds is 5. The SMILES string of the molecule is O=C(NCCCCI)C1CCCc2ccccc21. The summed E-state index contributed by atoms with van der Waals surface area (Å²) >= 11 is 2.38. The van der Waals surface area contributed by atoms with E-state index < -0.39 is 0 Å². The Morgan fingerprint density at radius 2 is 2.17 bits per heavy atom. The fourth-order valence-corrected chi connectivity index (χ4v) is 3.12. The predicted molar refractivity (Wildman–Crippen MR) is 83.3 cm³/mol. The number of benzene rings is 1. The zero-order valence-electron chi connectivity index (χ0n) is 10.6. The Morgan fingerprint density at radius 1 is 1.33 bits per heavy atom. The van der Waals surface area contributed by atoms with Crippen molar-refractivity contribution in [3.05, 3.63) is 35.4 Å². The molecule has 0 saturated heterocycles. The van der Waals surface area contributed by atoms with E-state index in [0.29, 0.717) is 0 Å². The highest BCUT2D eigenvalue weighted by Crippen LogP contribution is 2.31. The number of aryl methyl sites for hydroxylation is 1. The molecule has 1 aromatic carbocycles. The molecule has 0 saturated carbocycles. The molecule has 2 rings (SSSR count). The van der Waals surface area contributed by atoms with Crippen molar-refractivity contribution < 1.29 is 4.79 Å². The van der Waals surface area contributed by atoms with Crippen LogP contribution in [0.25, 0.3) is 0 Å². The number of fused-ring (bicyclic) bond motifs is 1. The summed E-state index contributed by atoms with van der Waals surface area (Å²) in [6, 6.07) is 8.38. The first-order valence-electron chi connectivity index (χ1n) is 6.74. The topological polar surface area (TPSA) is 29.1 Å². The molecule has 0 heterocycles. The number of unbranched alkanes of at least 4 members (excludes halogenated alkanes) is 1. The quantitative estimate of drug-likeness (QED) is 0.488. The molecule has 0 fully saturated rings. The molecule has 2 nitrogen and oxygen atoms in total. The van der Waals surface area contributed by atoms with Crippen LogP contribution in [0.4, 0.5) is 0 Å². The molecule has 1 aromatic rings. The first-order chi connectivity index (χ1) is 8.83. The first kappa shape index (κ1) is 13.8. The van der Waals surface area contributed by atoms with Gasteiger partial charge in [0.15, 0.2) is 0 Å². The molecular weight excluding hydrogens is 337 g/mol. The van der Waals surface area contributed by atoms with Crippen LogP contribution < -0.4 is 5.32 Å². The van der Waals surface area contributed by atoms with Crippen LogP contribution >= 0.6 is 22.6 Å². The summed E-state index contributed by atoms with van der Waals surface area (Å²) in [6.07, 6.45) is 5.51. The van der Waals surface area contributed by atoms with Crippen LogP contribution in [-0.2, 0) is 11.2 Å². The maximum Gasteiger partial charge on any atom is 0.227 e. The lowest BCUT2D eigenvalue weighted by Crippen LogP contribution is -2.32. The van der Waals surface area contributed by atoms with Crippen LogP contribution in [-0.4, -0.2) is 16.9 Å². The van der Waals surface area contributed by atoms with Crippen LogP contribution in [0.3, 0.4) is 0 Å². The number of hydrogen-bond acceptors (Lipinski definition) is 1. The number of carbonyl (C=O) groups is 1. The average molecular weight is 357 g/mol. The highest BCUT2D eigenvalue weighted by molar-refractivity contribution is 14.1. The highest BCUT2D eigenvalue weighted by Gasteiger charge is 2.25. The summed E-state index contributed by atoms with van der Waals surface area (Å²) in [5.74, 6) is 0.296. The van der Waals surface area contributed by atoms with Crippen molar-refractivity contribution >= 4 is 28.5 Å². The van der Waals surface area contributed by atoms with Gasteiger partial charge in [-0.15, -0.1) is 0 Å². The number of amides is 1. The smallest absolute Gasteiger partial charge is 0.227 e. The Morgan fingerprint density at radius 3 is 3.00 bits per heavy atom. The minimum atomic E-state index is 0.0783. The molecule has 1 aliphatic rings. The minimum absolute atomic E-state index is 0.0783. The molecule has 18 heavy (non-hydrogen) atoms. The van der Waals surface area contributed by atoms with E-state index >= 15 is 0 Å². The monoisotopic (exact) mass is 357 g/mol. The van der Waals surface area contributed by atoms with Gasteiger partial charge in [-0.3, -0.25) is 4.79 Å². The molecule has 0 aliphatic heterocycles. The Bertz CT molecular complexity index is 405.